The zero-order valence-corrected chi connectivity index (χ0v) is 8.24. The highest BCUT2D eigenvalue weighted by atomic mass is 32.2. The monoisotopic (exact) mass is 214 g/mol. The first-order valence-corrected chi connectivity index (χ1v) is 5.65. The molecule has 0 spiro atoms. The molecule has 0 bridgehead atoms. The Hall–Kier alpha value is -0.910. The van der Waals surface area contributed by atoms with Gasteiger partial charge in [-0.2, -0.15) is 8.42 Å². The van der Waals surface area contributed by atoms with E-state index in [9.17, 15) is 8.42 Å². The van der Waals surface area contributed by atoms with Crippen LogP contribution in [0.15, 0.2) is 35.2 Å². The van der Waals surface area contributed by atoms with Crippen LogP contribution in [-0.4, -0.2) is 27.7 Å². The molecular weight excluding hydrogens is 204 g/mol. The predicted octanol–water partition coefficient (Wildman–Crippen LogP) is 0.791. The molecule has 0 amide bonds. The first-order valence-electron chi connectivity index (χ1n) is 4.24. The summed E-state index contributed by atoms with van der Waals surface area (Å²) in [5.74, 6) is 0. The highest BCUT2D eigenvalue weighted by molar-refractivity contribution is 7.86. The second-order valence-corrected chi connectivity index (χ2v) is 4.62. The standard InChI is InChI=1S/C9H10O4S/c10-14(11,13-7-8-6-12-8)9-4-2-1-3-5-9/h1-5,8H,6-7H2. The van der Waals surface area contributed by atoms with Gasteiger partial charge in [-0.3, -0.25) is 4.18 Å². The van der Waals surface area contributed by atoms with Gasteiger partial charge in [-0.05, 0) is 12.1 Å². The summed E-state index contributed by atoms with van der Waals surface area (Å²) < 4.78 is 32.6. The summed E-state index contributed by atoms with van der Waals surface area (Å²) in [4.78, 5) is 0.181. The van der Waals surface area contributed by atoms with Crippen molar-refractivity contribution in [1.82, 2.24) is 0 Å². The van der Waals surface area contributed by atoms with Gasteiger partial charge in [0.25, 0.3) is 10.1 Å². The summed E-state index contributed by atoms with van der Waals surface area (Å²) >= 11 is 0. The second kappa shape index (κ2) is 3.68. The SMILES string of the molecule is O=S(=O)(OCC1CO1)c1ccccc1. The lowest BCUT2D eigenvalue weighted by Crippen LogP contribution is -2.10. The van der Waals surface area contributed by atoms with Crippen molar-refractivity contribution in [3.63, 3.8) is 0 Å². The minimum absolute atomic E-state index is 0.0477. The number of hydrogen-bond donors (Lipinski definition) is 0. The van der Waals surface area contributed by atoms with Gasteiger partial charge in [-0.15, -0.1) is 0 Å². The van der Waals surface area contributed by atoms with Gasteiger partial charge in [0.05, 0.1) is 18.1 Å². The predicted molar refractivity (Wildman–Crippen MR) is 49.3 cm³/mol. The van der Waals surface area contributed by atoms with Crippen LogP contribution in [0.5, 0.6) is 0 Å². The molecule has 0 aliphatic carbocycles. The topological polar surface area (TPSA) is 55.9 Å². The molecule has 1 aromatic carbocycles. The van der Waals surface area contributed by atoms with E-state index in [0.29, 0.717) is 6.61 Å². The van der Waals surface area contributed by atoms with E-state index in [-0.39, 0.29) is 17.6 Å². The third kappa shape index (κ3) is 2.31. The fourth-order valence-electron chi connectivity index (χ4n) is 0.985. The molecule has 1 heterocycles. The highest BCUT2D eigenvalue weighted by Crippen LogP contribution is 2.15. The van der Waals surface area contributed by atoms with Crippen molar-refractivity contribution in [2.24, 2.45) is 0 Å². The maximum atomic E-state index is 11.5. The molecule has 14 heavy (non-hydrogen) atoms. The van der Waals surface area contributed by atoms with Crippen LogP contribution in [0.25, 0.3) is 0 Å². The van der Waals surface area contributed by atoms with Gasteiger partial charge in [0.2, 0.25) is 0 Å². The van der Waals surface area contributed by atoms with E-state index < -0.39 is 10.1 Å². The van der Waals surface area contributed by atoms with Crippen molar-refractivity contribution in [2.75, 3.05) is 13.2 Å². The first kappa shape index (κ1) is 9.64. The quantitative estimate of drug-likeness (QED) is 0.549. The first-order chi connectivity index (χ1) is 6.68. The molecule has 2 rings (SSSR count). The van der Waals surface area contributed by atoms with Crippen LogP contribution in [0.4, 0.5) is 0 Å². The average Bonchev–Trinajstić information content (AvgIpc) is 3.00. The minimum Gasteiger partial charge on any atom is -0.371 e. The smallest absolute Gasteiger partial charge is 0.297 e. The van der Waals surface area contributed by atoms with Gasteiger partial charge in [0, 0.05) is 0 Å². The van der Waals surface area contributed by atoms with Gasteiger partial charge < -0.3 is 4.74 Å². The molecule has 1 aliphatic heterocycles. The molecule has 76 valence electrons. The van der Waals surface area contributed by atoms with Crippen molar-refractivity contribution in [2.45, 2.75) is 11.0 Å². The molecule has 0 radical (unpaired) electrons. The Balaban J connectivity index is 2.07. The van der Waals surface area contributed by atoms with Crippen LogP contribution in [-0.2, 0) is 19.0 Å². The number of rotatable bonds is 4. The van der Waals surface area contributed by atoms with Crippen molar-refractivity contribution in [3.05, 3.63) is 30.3 Å². The summed E-state index contributed by atoms with van der Waals surface area (Å²) in [5.41, 5.74) is 0. The van der Waals surface area contributed by atoms with Crippen LogP contribution in [0.2, 0.25) is 0 Å². The summed E-state index contributed by atoms with van der Waals surface area (Å²) in [6.07, 6.45) is -0.0477. The minimum atomic E-state index is -3.60. The van der Waals surface area contributed by atoms with Crippen LogP contribution in [0.1, 0.15) is 0 Å². The molecular formula is C9H10O4S. The Morgan fingerprint density at radius 2 is 2.00 bits per heavy atom. The molecule has 1 aromatic rings. The number of epoxide rings is 1. The van der Waals surface area contributed by atoms with E-state index in [0.717, 1.165) is 0 Å². The van der Waals surface area contributed by atoms with Gasteiger partial charge >= 0.3 is 0 Å². The zero-order chi connectivity index (χ0) is 10.0. The Labute approximate surface area is 82.6 Å². The number of hydrogen-bond acceptors (Lipinski definition) is 4. The Morgan fingerprint density at radius 3 is 2.57 bits per heavy atom. The molecule has 1 saturated heterocycles. The summed E-state index contributed by atoms with van der Waals surface area (Å²) in [5, 5.41) is 0. The molecule has 1 aliphatic rings. The van der Waals surface area contributed by atoms with Crippen molar-refractivity contribution < 1.29 is 17.3 Å². The normalized spacial score (nSPS) is 20.7. The highest BCUT2D eigenvalue weighted by Gasteiger charge is 2.26. The number of benzene rings is 1. The lowest BCUT2D eigenvalue weighted by Gasteiger charge is -2.02. The molecule has 4 nitrogen and oxygen atoms in total. The van der Waals surface area contributed by atoms with E-state index in [1.807, 2.05) is 0 Å². The van der Waals surface area contributed by atoms with E-state index >= 15 is 0 Å². The second-order valence-electron chi connectivity index (χ2n) is 3.01. The maximum Gasteiger partial charge on any atom is 0.297 e. The number of ether oxygens (including phenoxy) is 1. The van der Waals surface area contributed by atoms with E-state index in [1.165, 1.54) is 12.1 Å². The Bertz CT molecular complexity index is 394. The Morgan fingerprint density at radius 1 is 1.36 bits per heavy atom. The van der Waals surface area contributed by atoms with E-state index in [4.69, 9.17) is 8.92 Å². The largest absolute Gasteiger partial charge is 0.371 e. The van der Waals surface area contributed by atoms with Crippen molar-refractivity contribution in [1.29, 1.82) is 0 Å². The Kier molecular flexibility index (Phi) is 2.54. The molecule has 0 saturated carbocycles. The fourth-order valence-corrected chi connectivity index (χ4v) is 1.94. The molecule has 5 heteroatoms. The van der Waals surface area contributed by atoms with Crippen molar-refractivity contribution >= 4 is 10.1 Å². The molecule has 1 unspecified atom stereocenters. The summed E-state index contributed by atoms with van der Waals surface area (Å²) in [6.45, 7) is 0.696. The van der Waals surface area contributed by atoms with Gasteiger partial charge in [-0.25, -0.2) is 0 Å². The van der Waals surface area contributed by atoms with E-state index in [1.54, 1.807) is 18.2 Å². The van der Waals surface area contributed by atoms with Gasteiger partial charge in [0.1, 0.15) is 6.10 Å². The lowest BCUT2D eigenvalue weighted by atomic mass is 10.4. The molecule has 1 fully saturated rings. The molecule has 1 atom stereocenters. The lowest BCUT2D eigenvalue weighted by molar-refractivity contribution is 0.266. The summed E-state index contributed by atoms with van der Waals surface area (Å²) in [6, 6.07) is 8.07. The third-order valence-corrected chi connectivity index (χ3v) is 3.14. The summed E-state index contributed by atoms with van der Waals surface area (Å²) in [7, 11) is -3.60. The van der Waals surface area contributed by atoms with Crippen LogP contribution >= 0.6 is 0 Å². The van der Waals surface area contributed by atoms with Gasteiger partial charge in [-0.1, -0.05) is 18.2 Å². The van der Waals surface area contributed by atoms with Crippen molar-refractivity contribution in [3.8, 4) is 0 Å². The molecule has 0 N–H and O–H groups in total. The average molecular weight is 214 g/mol. The van der Waals surface area contributed by atoms with E-state index in [2.05, 4.69) is 0 Å². The zero-order valence-electron chi connectivity index (χ0n) is 7.42. The van der Waals surface area contributed by atoms with Gasteiger partial charge in [0.15, 0.2) is 0 Å². The van der Waals surface area contributed by atoms with Crippen LogP contribution in [0.3, 0.4) is 0 Å². The van der Waals surface area contributed by atoms with Crippen LogP contribution < -0.4 is 0 Å². The maximum absolute atomic E-state index is 11.5. The molecule has 0 aromatic heterocycles. The third-order valence-electron chi connectivity index (χ3n) is 1.84. The fraction of sp³-hybridized carbons (Fsp3) is 0.333. The van der Waals surface area contributed by atoms with Crippen LogP contribution in [0, 0.1) is 0 Å².